The van der Waals surface area contributed by atoms with Crippen LogP contribution in [0.2, 0.25) is 0 Å². The Morgan fingerprint density at radius 2 is 2.09 bits per heavy atom. The number of hydrogen-bond acceptors (Lipinski definition) is 3. The van der Waals surface area contributed by atoms with E-state index in [1.807, 2.05) is 0 Å². The molecule has 2 rings (SSSR count). The molecule has 0 spiro atoms. The summed E-state index contributed by atoms with van der Waals surface area (Å²) < 4.78 is 37.5. The second-order valence-electron chi connectivity index (χ2n) is 6.57. The molecule has 0 atom stereocenters. The number of piperazine rings is 1. The molecule has 1 fully saturated rings. The van der Waals surface area contributed by atoms with E-state index in [0.717, 1.165) is 31.9 Å². The first kappa shape index (κ1) is 17.8. The van der Waals surface area contributed by atoms with Crippen LogP contribution in [0.5, 0.6) is 0 Å². The fourth-order valence-corrected chi connectivity index (χ4v) is 2.65. The van der Waals surface area contributed by atoms with Crippen molar-refractivity contribution in [3.05, 3.63) is 23.5 Å². The molecule has 0 bridgehead atoms. The highest BCUT2D eigenvalue weighted by Gasteiger charge is 2.33. The van der Waals surface area contributed by atoms with E-state index in [9.17, 15) is 18.0 Å². The molecule has 1 aromatic rings. The summed E-state index contributed by atoms with van der Waals surface area (Å²) in [4.78, 5) is 18.5. The summed E-state index contributed by atoms with van der Waals surface area (Å²) in [6.07, 6.45) is -3.39. The summed E-state index contributed by atoms with van der Waals surface area (Å²) >= 11 is 0. The third kappa shape index (κ3) is 4.48. The van der Waals surface area contributed by atoms with Crippen LogP contribution in [-0.4, -0.2) is 66.0 Å². The molecular weight excluding hydrogens is 309 g/mol. The van der Waals surface area contributed by atoms with Crippen molar-refractivity contribution in [1.29, 1.82) is 0 Å². The van der Waals surface area contributed by atoms with E-state index < -0.39 is 17.8 Å². The molecule has 1 aromatic heterocycles. The van der Waals surface area contributed by atoms with Crippen LogP contribution < -0.4 is 5.32 Å². The van der Waals surface area contributed by atoms with E-state index in [1.54, 1.807) is 0 Å². The van der Waals surface area contributed by atoms with Gasteiger partial charge in [0, 0.05) is 44.5 Å². The van der Waals surface area contributed by atoms with Crippen LogP contribution in [0.3, 0.4) is 0 Å². The van der Waals surface area contributed by atoms with E-state index >= 15 is 0 Å². The average molecular weight is 332 g/mol. The molecule has 2 heterocycles. The molecular formula is C15H23F3N4O. The van der Waals surface area contributed by atoms with Gasteiger partial charge in [-0.15, -0.1) is 0 Å². The summed E-state index contributed by atoms with van der Waals surface area (Å²) in [5.74, 6) is -0.495. The first-order valence-corrected chi connectivity index (χ1v) is 7.57. The number of amides is 1. The van der Waals surface area contributed by atoms with Crippen LogP contribution in [0.15, 0.2) is 12.3 Å². The minimum Gasteiger partial charge on any atom is -0.357 e. The van der Waals surface area contributed by atoms with E-state index in [4.69, 9.17) is 0 Å². The maximum Gasteiger partial charge on any atom is 0.431 e. The van der Waals surface area contributed by atoms with Gasteiger partial charge in [-0.05, 0) is 27.0 Å². The summed E-state index contributed by atoms with van der Waals surface area (Å²) in [6, 6.07) is 0.828. The number of carbonyl (C=O) groups excluding carboxylic acids is 1. The minimum atomic E-state index is -4.47. The first-order chi connectivity index (χ1) is 10.6. The standard InChI is InChI=1S/C15H23F3N4O/c1-14(2)10-22(7-6-21(14)3)5-4-19-13(23)11-8-12(20-9-11)15(16,17)18/h8-9,20H,4-7,10H2,1-3H3,(H,19,23). The van der Waals surface area contributed by atoms with Gasteiger partial charge in [0.2, 0.25) is 0 Å². The molecule has 1 aliphatic heterocycles. The second kappa shape index (κ2) is 6.52. The normalized spacial score (nSPS) is 19.7. The number of hydrogen-bond donors (Lipinski definition) is 2. The van der Waals surface area contributed by atoms with Crippen molar-refractivity contribution in [3.8, 4) is 0 Å². The topological polar surface area (TPSA) is 51.4 Å². The van der Waals surface area contributed by atoms with Gasteiger partial charge in [-0.1, -0.05) is 0 Å². The Balaban J connectivity index is 1.80. The van der Waals surface area contributed by atoms with Crippen molar-refractivity contribution in [3.63, 3.8) is 0 Å². The second-order valence-corrected chi connectivity index (χ2v) is 6.57. The zero-order valence-electron chi connectivity index (χ0n) is 13.6. The van der Waals surface area contributed by atoms with Crippen LogP contribution in [0, 0.1) is 0 Å². The lowest BCUT2D eigenvalue weighted by Crippen LogP contribution is -2.58. The highest BCUT2D eigenvalue weighted by atomic mass is 19.4. The van der Waals surface area contributed by atoms with Gasteiger partial charge in [-0.3, -0.25) is 14.6 Å². The van der Waals surface area contributed by atoms with Gasteiger partial charge in [0.1, 0.15) is 5.69 Å². The fraction of sp³-hybridized carbons (Fsp3) is 0.667. The number of alkyl halides is 3. The lowest BCUT2D eigenvalue weighted by Gasteiger charge is -2.45. The smallest absolute Gasteiger partial charge is 0.357 e. The van der Waals surface area contributed by atoms with Gasteiger partial charge in [0.05, 0.1) is 5.56 Å². The van der Waals surface area contributed by atoms with Crippen molar-refractivity contribution in [2.45, 2.75) is 25.6 Å². The Bertz CT molecular complexity index is 553. The number of aromatic nitrogens is 1. The largest absolute Gasteiger partial charge is 0.431 e. The Morgan fingerprint density at radius 1 is 1.39 bits per heavy atom. The number of likely N-dealkylation sites (N-methyl/N-ethyl adjacent to an activating group) is 1. The third-order valence-electron chi connectivity index (χ3n) is 4.36. The quantitative estimate of drug-likeness (QED) is 0.884. The van der Waals surface area contributed by atoms with E-state index in [2.05, 4.69) is 41.0 Å². The molecule has 5 nitrogen and oxygen atoms in total. The van der Waals surface area contributed by atoms with Crippen molar-refractivity contribution in [2.75, 3.05) is 39.8 Å². The maximum atomic E-state index is 12.5. The highest BCUT2D eigenvalue weighted by Crippen LogP contribution is 2.28. The highest BCUT2D eigenvalue weighted by molar-refractivity contribution is 5.94. The van der Waals surface area contributed by atoms with Crippen LogP contribution in [-0.2, 0) is 6.18 Å². The number of aromatic amines is 1. The number of nitrogens with zero attached hydrogens (tertiary/aromatic N) is 2. The van der Waals surface area contributed by atoms with Gasteiger partial charge in [0.25, 0.3) is 5.91 Å². The van der Waals surface area contributed by atoms with Gasteiger partial charge < -0.3 is 10.3 Å². The van der Waals surface area contributed by atoms with Crippen LogP contribution >= 0.6 is 0 Å². The first-order valence-electron chi connectivity index (χ1n) is 7.57. The molecule has 8 heteroatoms. The molecule has 0 saturated carbocycles. The Morgan fingerprint density at radius 3 is 2.65 bits per heavy atom. The number of halogens is 3. The average Bonchev–Trinajstić information content (AvgIpc) is 2.92. The summed E-state index contributed by atoms with van der Waals surface area (Å²) in [5, 5.41) is 2.67. The number of carbonyl (C=O) groups is 1. The number of H-pyrrole nitrogens is 1. The van der Waals surface area contributed by atoms with Gasteiger partial charge in [-0.25, -0.2) is 0 Å². The van der Waals surface area contributed by atoms with Crippen molar-refractivity contribution in [2.24, 2.45) is 0 Å². The third-order valence-corrected chi connectivity index (χ3v) is 4.36. The Kier molecular flexibility index (Phi) is 5.05. The number of rotatable bonds is 4. The van der Waals surface area contributed by atoms with Crippen molar-refractivity contribution < 1.29 is 18.0 Å². The minimum absolute atomic E-state index is 0.00367. The molecule has 2 N–H and O–H groups in total. The van der Waals surface area contributed by atoms with Gasteiger partial charge in [-0.2, -0.15) is 13.2 Å². The number of nitrogens with one attached hydrogen (secondary N) is 2. The van der Waals surface area contributed by atoms with E-state index in [-0.39, 0.29) is 11.1 Å². The fourth-order valence-electron chi connectivity index (χ4n) is 2.65. The van der Waals surface area contributed by atoms with Crippen LogP contribution in [0.1, 0.15) is 29.9 Å². The maximum absolute atomic E-state index is 12.5. The van der Waals surface area contributed by atoms with Gasteiger partial charge in [0.15, 0.2) is 0 Å². The zero-order valence-corrected chi connectivity index (χ0v) is 13.6. The predicted octanol–water partition coefficient (Wildman–Crippen LogP) is 1.79. The zero-order chi connectivity index (χ0) is 17.3. The Labute approximate surface area is 133 Å². The van der Waals surface area contributed by atoms with Crippen LogP contribution in [0.4, 0.5) is 13.2 Å². The van der Waals surface area contributed by atoms with Gasteiger partial charge >= 0.3 is 6.18 Å². The molecule has 0 aliphatic carbocycles. The van der Waals surface area contributed by atoms with Crippen molar-refractivity contribution in [1.82, 2.24) is 20.1 Å². The molecule has 1 amide bonds. The molecule has 1 saturated heterocycles. The SMILES string of the molecule is CN1CCN(CCNC(=O)c2c[nH]c(C(F)(F)F)c2)CC1(C)C. The summed E-state index contributed by atoms with van der Waals surface area (Å²) in [6.45, 7) is 8.17. The van der Waals surface area contributed by atoms with Crippen LogP contribution in [0.25, 0.3) is 0 Å². The van der Waals surface area contributed by atoms with E-state index in [1.165, 1.54) is 0 Å². The predicted molar refractivity (Wildman–Crippen MR) is 81.3 cm³/mol. The van der Waals surface area contributed by atoms with E-state index in [0.29, 0.717) is 13.1 Å². The molecule has 1 aliphatic rings. The lowest BCUT2D eigenvalue weighted by molar-refractivity contribution is -0.140. The molecule has 0 radical (unpaired) electrons. The molecule has 23 heavy (non-hydrogen) atoms. The monoisotopic (exact) mass is 332 g/mol. The molecule has 0 unspecified atom stereocenters. The Hall–Kier alpha value is -1.54. The molecule has 130 valence electrons. The van der Waals surface area contributed by atoms with Crippen molar-refractivity contribution >= 4 is 5.91 Å². The summed E-state index contributed by atoms with van der Waals surface area (Å²) in [7, 11) is 2.09. The summed E-state index contributed by atoms with van der Waals surface area (Å²) in [5.41, 5.74) is -0.843. The lowest BCUT2D eigenvalue weighted by atomic mass is 10.00. The molecule has 0 aromatic carbocycles.